The third-order valence-electron chi connectivity index (χ3n) is 4.00. The lowest BCUT2D eigenvalue weighted by Gasteiger charge is -2.14. The first-order chi connectivity index (χ1) is 10.2. The summed E-state index contributed by atoms with van der Waals surface area (Å²) in [5, 5.41) is 4.72. The maximum atomic E-state index is 5.48. The average Bonchev–Trinajstić information content (AvgIpc) is 3.14. The first-order valence-corrected chi connectivity index (χ1v) is 8.13. The smallest absolute Gasteiger partial charge is 0.139 e. The molecule has 0 saturated heterocycles. The van der Waals surface area contributed by atoms with Crippen LogP contribution in [0.15, 0.2) is 22.8 Å². The van der Waals surface area contributed by atoms with Gasteiger partial charge in [-0.25, -0.2) is 9.97 Å². The maximum absolute atomic E-state index is 5.48. The molecule has 0 spiro atoms. The molecule has 0 fully saturated rings. The number of nitrogens with one attached hydrogen (secondary N) is 1. The van der Waals surface area contributed by atoms with Crippen molar-refractivity contribution in [1.29, 1.82) is 0 Å². The van der Waals surface area contributed by atoms with Crippen LogP contribution in [0.2, 0.25) is 0 Å². The standard InChI is InChI=1S/C16H17N3OS/c1-9(12-6-4-8-20-12)17-15-14-11-5-3-7-13(11)21-16(14)19-10(2)18-15/h4,6,8-9H,3,5,7H2,1-2H3,(H,17,18,19)/t9-/m1/s1. The molecule has 1 aliphatic carbocycles. The summed E-state index contributed by atoms with van der Waals surface area (Å²) < 4.78 is 5.48. The van der Waals surface area contributed by atoms with Gasteiger partial charge in [0.05, 0.1) is 17.7 Å². The van der Waals surface area contributed by atoms with Gasteiger partial charge in [-0.05, 0) is 50.8 Å². The van der Waals surface area contributed by atoms with E-state index in [1.54, 1.807) is 6.26 Å². The number of thiophene rings is 1. The van der Waals surface area contributed by atoms with Crippen molar-refractivity contribution >= 4 is 27.4 Å². The van der Waals surface area contributed by atoms with E-state index in [0.29, 0.717) is 0 Å². The molecule has 3 heterocycles. The number of anilines is 1. The van der Waals surface area contributed by atoms with Gasteiger partial charge in [-0.3, -0.25) is 0 Å². The monoisotopic (exact) mass is 299 g/mol. The lowest BCUT2D eigenvalue weighted by Crippen LogP contribution is -2.08. The van der Waals surface area contributed by atoms with Gasteiger partial charge in [0.2, 0.25) is 0 Å². The van der Waals surface area contributed by atoms with E-state index in [2.05, 4.69) is 22.2 Å². The second-order valence-electron chi connectivity index (χ2n) is 5.54. The third kappa shape index (κ3) is 2.12. The third-order valence-corrected chi connectivity index (χ3v) is 5.19. The molecule has 5 heteroatoms. The largest absolute Gasteiger partial charge is 0.467 e. The van der Waals surface area contributed by atoms with Crippen molar-refractivity contribution in [2.75, 3.05) is 5.32 Å². The molecule has 1 aliphatic rings. The van der Waals surface area contributed by atoms with Crippen molar-refractivity contribution in [3.05, 3.63) is 40.4 Å². The minimum Gasteiger partial charge on any atom is -0.467 e. The van der Waals surface area contributed by atoms with E-state index >= 15 is 0 Å². The highest BCUT2D eigenvalue weighted by Gasteiger charge is 2.22. The van der Waals surface area contributed by atoms with Crippen molar-refractivity contribution in [3.8, 4) is 0 Å². The fourth-order valence-corrected chi connectivity index (χ4v) is 4.33. The number of hydrogen-bond donors (Lipinski definition) is 1. The SMILES string of the molecule is Cc1nc(N[C@H](C)c2ccco2)c2c3c(sc2n1)CCC3. The van der Waals surface area contributed by atoms with Gasteiger partial charge in [0.15, 0.2) is 0 Å². The molecule has 1 N–H and O–H groups in total. The van der Waals surface area contributed by atoms with Gasteiger partial charge in [-0.1, -0.05) is 0 Å². The molecule has 108 valence electrons. The molecular formula is C16H17N3OS. The van der Waals surface area contributed by atoms with Crippen molar-refractivity contribution in [3.63, 3.8) is 0 Å². The zero-order valence-corrected chi connectivity index (χ0v) is 13.0. The summed E-state index contributed by atoms with van der Waals surface area (Å²) in [6, 6.07) is 3.99. The molecule has 21 heavy (non-hydrogen) atoms. The minimum absolute atomic E-state index is 0.0921. The fourth-order valence-electron chi connectivity index (χ4n) is 3.02. The molecule has 0 aromatic carbocycles. The Morgan fingerprint density at radius 2 is 2.24 bits per heavy atom. The first-order valence-electron chi connectivity index (χ1n) is 7.31. The van der Waals surface area contributed by atoms with E-state index in [1.165, 1.54) is 28.7 Å². The Balaban J connectivity index is 1.80. The van der Waals surface area contributed by atoms with Gasteiger partial charge in [0, 0.05) is 4.88 Å². The number of hydrogen-bond acceptors (Lipinski definition) is 5. The van der Waals surface area contributed by atoms with Gasteiger partial charge < -0.3 is 9.73 Å². The average molecular weight is 299 g/mol. The van der Waals surface area contributed by atoms with Crippen LogP contribution in [-0.4, -0.2) is 9.97 Å². The molecule has 0 radical (unpaired) electrons. The summed E-state index contributed by atoms with van der Waals surface area (Å²) in [6.07, 6.45) is 5.28. The molecule has 1 atom stereocenters. The Morgan fingerprint density at radius 1 is 1.33 bits per heavy atom. The second kappa shape index (κ2) is 4.84. The predicted octanol–water partition coefficient (Wildman–Crippen LogP) is 4.25. The number of nitrogens with zero attached hydrogens (tertiary/aromatic N) is 2. The summed E-state index contributed by atoms with van der Waals surface area (Å²) in [4.78, 5) is 11.9. The van der Waals surface area contributed by atoms with E-state index in [9.17, 15) is 0 Å². The van der Waals surface area contributed by atoms with Gasteiger partial charge in [-0.2, -0.15) is 0 Å². The maximum Gasteiger partial charge on any atom is 0.139 e. The van der Waals surface area contributed by atoms with Crippen LogP contribution >= 0.6 is 11.3 Å². The van der Waals surface area contributed by atoms with E-state index < -0.39 is 0 Å². The quantitative estimate of drug-likeness (QED) is 0.785. The molecule has 4 nitrogen and oxygen atoms in total. The molecular weight excluding hydrogens is 282 g/mol. The van der Waals surface area contributed by atoms with Crippen LogP contribution in [0.4, 0.5) is 5.82 Å². The van der Waals surface area contributed by atoms with E-state index in [1.807, 2.05) is 30.4 Å². The van der Waals surface area contributed by atoms with E-state index in [-0.39, 0.29) is 6.04 Å². The van der Waals surface area contributed by atoms with Crippen molar-refractivity contribution < 1.29 is 4.42 Å². The molecule has 0 amide bonds. The number of aryl methyl sites for hydroxylation is 3. The van der Waals surface area contributed by atoms with E-state index in [0.717, 1.165) is 28.7 Å². The summed E-state index contributed by atoms with van der Waals surface area (Å²) in [5.74, 6) is 2.68. The van der Waals surface area contributed by atoms with Gasteiger partial charge in [0.1, 0.15) is 22.2 Å². The lowest BCUT2D eigenvalue weighted by atomic mass is 10.1. The van der Waals surface area contributed by atoms with Crippen molar-refractivity contribution in [1.82, 2.24) is 9.97 Å². The van der Waals surface area contributed by atoms with Crippen LogP contribution in [0.25, 0.3) is 10.2 Å². The Labute approximate surface area is 127 Å². The van der Waals surface area contributed by atoms with Gasteiger partial charge in [-0.15, -0.1) is 11.3 Å². The summed E-state index contributed by atoms with van der Waals surface area (Å²) in [5.41, 5.74) is 1.45. The summed E-state index contributed by atoms with van der Waals surface area (Å²) in [6.45, 7) is 4.04. The fraction of sp³-hybridized carbons (Fsp3) is 0.375. The van der Waals surface area contributed by atoms with Crippen LogP contribution in [0, 0.1) is 6.92 Å². The summed E-state index contributed by atoms with van der Waals surface area (Å²) >= 11 is 1.82. The number of rotatable bonds is 3. The zero-order chi connectivity index (χ0) is 14.4. The van der Waals surface area contributed by atoms with Gasteiger partial charge >= 0.3 is 0 Å². The van der Waals surface area contributed by atoms with E-state index in [4.69, 9.17) is 4.42 Å². The highest BCUT2D eigenvalue weighted by molar-refractivity contribution is 7.19. The van der Waals surface area contributed by atoms with Gasteiger partial charge in [0.25, 0.3) is 0 Å². The second-order valence-corrected chi connectivity index (χ2v) is 6.62. The van der Waals surface area contributed by atoms with Crippen molar-refractivity contribution in [2.45, 2.75) is 39.2 Å². The van der Waals surface area contributed by atoms with Crippen LogP contribution < -0.4 is 5.32 Å². The Morgan fingerprint density at radius 3 is 3.05 bits per heavy atom. The molecule has 0 unspecified atom stereocenters. The van der Waals surface area contributed by atoms with Crippen molar-refractivity contribution in [2.24, 2.45) is 0 Å². The highest BCUT2D eigenvalue weighted by Crippen LogP contribution is 2.40. The Kier molecular flexibility index (Phi) is 2.96. The highest BCUT2D eigenvalue weighted by atomic mass is 32.1. The van der Waals surface area contributed by atoms with Crippen LogP contribution in [0.1, 0.15) is 41.4 Å². The Hall–Kier alpha value is -1.88. The predicted molar refractivity (Wildman–Crippen MR) is 84.9 cm³/mol. The molecule has 3 aromatic heterocycles. The molecule has 0 aliphatic heterocycles. The Bertz CT molecular complexity index is 792. The number of aromatic nitrogens is 2. The van der Waals surface area contributed by atoms with Crippen LogP contribution in [0.5, 0.6) is 0 Å². The number of furan rings is 1. The normalized spacial score (nSPS) is 15.3. The molecule has 4 rings (SSSR count). The van der Waals surface area contributed by atoms with Crippen LogP contribution in [-0.2, 0) is 12.8 Å². The number of fused-ring (bicyclic) bond motifs is 3. The minimum atomic E-state index is 0.0921. The lowest BCUT2D eigenvalue weighted by molar-refractivity contribution is 0.490. The topological polar surface area (TPSA) is 51.0 Å². The molecule has 3 aromatic rings. The van der Waals surface area contributed by atoms with Crippen LogP contribution in [0.3, 0.4) is 0 Å². The molecule has 0 bridgehead atoms. The summed E-state index contributed by atoms with van der Waals surface area (Å²) in [7, 11) is 0. The molecule has 0 saturated carbocycles. The first kappa shape index (κ1) is 12.8. The zero-order valence-electron chi connectivity index (χ0n) is 12.1.